The lowest BCUT2D eigenvalue weighted by atomic mass is 9.98. The minimum Gasteiger partial charge on any atom is -0.468 e. The van der Waals surface area contributed by atoms with E-state index in [-0.39, 0.29) is 31.1 Å². The van der Waals surface area contributed by atoms with E-state index in [1.165, 1.54) is 14.0 Å². The fraction of sp³-hybridized carbons (Fsp3) is 0.727. The van der Waals surface area contributed by atoms with Crippen molar-refractivity contribution in [1.82, 2.24) is 10.0 Å². The minimum absolute atomic E-state index is 0.0370. The number of carbonyl (C=O) groups excluding carboxylic acids is 3. The van der Waals surface area contributed by atoms with Crippen LogP contribution in [0.4, 0.5) is 0 Å². The largest absolute Gasteiger partial charge is 0.468 e. The summed E-state index contributed by atoms with van der Waals surface area (Å²) in [6.45, 7) is 1.32. The topological polar surface area (TPSA) is 119 Å². The molecule has 20 heavy (non-hydrogen) atoms. The molecule has 8 nitrogen and oxygen atoms in total. The molecule has 0 aliphatic carbocycles. The van der Waals surface area contributed by atoms with Gasteiger partial charge in [0.25, 0.3) is 0 Å². The predicted octanol–water partition coefficient (Wildman–Crippen LogP) is -1.19. The lowest BCUT2D eigenvalue weighted by Crippen LogP contribution is -2.35. The predicted molar refractivity (Wildman–Crippen MR) is 71.3 cm³/mol. The molecule has 0 saturated carbocycles. The highest BCUT2D eigenvalue weighted by Gasteiger charge is 2.21. The molecule has 0 fully saturated rings. The molecule has 9 heteroatoms. The third-order valence-electron chi connectivity index (χ3n) is 2.50. The SMILES string of the molecule is CNC(=O)[C@@H](CCNS(=O)(=O)CC(=O)OC)CC(C)=O. The van der Waals surface area contributed by atoms with E-state index in [0.717, 1.165) is 7.11 Å². The van der Waals surface area contributed by atoms with Crippen molar-refractivity contribution in [2.75, 3.05) is 26.5 Å². The second-order valence-electron chi connectivity index (χ2n) is 4.24. The Balaban J connectivity index is 4.39. The first-order valence-electron chi connectivity index (χ1n) is 5.97. The summed E-state index contributed by atoms with van der Waals surface area (Å²) >= 11 is 0. The van der Waals surface area contributed by atoms with Crippen LogP contribution in [0.25, 0.3) is 0 Å². The van der Waals surface area contributed by atoms with Crippen molar-refractivity contribution < 1.29 is 27.5 Å². The number of ketones is 1. The lowest BCUT2D eigenvalue weighted by molar-refractivity contribution is -0.137. The highest BCUT2D eigenvalue weighted by Crippen LogP contribution is 2.09. The molecule has 0 aromatic heterocycles. The fourth-order valence-corrected chi connectivity index (χ4v) is 2.49. The van der Waals surface area contributed by atoms with Gasteiger partial charge in [0.1, 0.15) is 5.78 Å². The van der Waals surface area contributed by atoms with Gasteiger partial charge < -0.3 is 14.8 Å². The van der Waals surface area contributed by atoms with Gasteiger partial charge in [-0.2, -0.15) is 0 Å². The Hall–Kier alpha value is -1.48. The summed E-state index contributed by atoms with van der Waals surface area (Å²) in [5.74, 6) is -2.73. The molecule has 0 heterocycles. The van der Waals surface area contributed by atoms with Gasteiger partial charge in [0.2, 0.25) is 15.9 Å². The summed E-state index contributed by atoms with van der Waals surface area (Å²) < 4.78 is 29.4. The van der Waals surface area contributed by atoms with Crippen LogP contribution in [0.1, 0.15) is 19.8 Å². The van der Waals surface area contributed by atoms with Gasteiger partial charge >= 0.3 is 5.97 Å². The zero-order valence-corrected chi connectivity index (χ0v) is 12.6. The van der Waals surface area contributed by atoms with Crippen molar-refractivity contribution in [3.8, 4) is 0 Å². The summed E-state index contributed by atoms with van der Waals surface area (Å²) in [5, 5.41) is 2.42. The molecule has 0 aliphatic rings. The summed E-state index contributed by atoms with van der Waals surface area (Å²) in [7, 11) is -1.26. The second-order valence-corrected chi connectivity index (χ2v) is 6.04. The molecule has 2 N–H and O–H groups in total. The first-order valence-corrected chi connectivity index (χ1v) is 7.62. The Kier molecular flexibility index (Phi) is 8.00. The van der Waals surface area contributed by atoms with Crippen LogP contribution in [0.2, 0.25) is 0 Å². The first-order chi connectivity index (χ1) is 9.21. The molecule has 1 atom stereocenters. The van der Waals surface area contributed by atoms with Crippen LogP contribution < -0.4 is 10.0 Å². The van der Waals surface area contributed by atoms with E-state index < -0.39 is 27.7 Å². The number of methoxy groups -OCH3 is 1. The standard InChI is InChI=1S/C11H20N2O6S/c1-8(14)6-9(11(16)12-2)4-5-13-20(17,18)7-10(15)19-3/h9,13H,4-7H2,1-3H3,(H,12,16)/t9-/m0/s1. The zero-order valence-electron chi connectivity index (χ0n) is 11.8. The number of amides is 1. The maximum absolute atomic E-state index is 11.5. The summed E-state index contributed by atoms with van der Waals surface area (Å²) in [5.41, 5.74) is 0. The second kappa shape index (κ2) is 8.64. The number of ether oxygens (including phenoxy) is 1. The van der Waals surface area contributed by atoms with E-state index in [1.54, 1.807) is 0 Å². The summed E-state index contributed by atoms with van der Waals surface area (Å²) in [6, 6.07) is 0. The Morgan fingerprint density at radius 2 is 1.85 bits per heavy atom. The van der Waals surface area contributed by atoms with Crippen LogP contribution in [-0.4, -0.2) is 52.5 Å². The molecule has 0 radical (unpaired) electrons. The van der Waals surface area contributed by atoms with E-state index in [9.17, 15) is 22.8 Å². The molecule has 0 aromatic carbocycles. The van der Waals surface area contributed by atoms with E-state index in [4.69, 9.17) is 0 Å². The number of esters is 1. The Labute approximate surface area is 118 Å². The highest BCUT2D eigenvalue weighted by atomic mass is 32.2. The van der Waals surface area contributed by atoms with E-state index in [1.807, 2.05) is 0 Å². The quantitative estimate of drug-likeness (QED) is 0.517. The molecule has 0 saturated heterocycles. The van der Waals surface area contributed by atoms with Gasteiger partial charge in [-0.25, -0.2) is 13.1 Å². The first kappa shape index (κ1) is 18.5. The minimum atomic E-state index is -3.79. The number of Topliss-reactive ketones (excluding diaryl/α,β-unsaturated/α-hetero) is 1. The maximum atomic E-state index is 11.5. The number of hydrogen-bond donors (Lipinski definition) is 2. The number of sulfonamides is 1. The number of nitrogens with one attached hydrogen (secondary N) is 2. The molecule has 1 amide bonds. The fourth-order valence-electron chi connectivity index (χ4n) is 1.53. The molecule has 0 bridgehead atoms. The van der Waals surface area contributed by atoms with E-state index >= 15 is 0 Å². The third kappa shape index (κ3) is 7.85. The monoisotopic (exact) mass is 308 g/mol. The summed E-state index contributed by atoms with van der Waals surface area (Å²) in [4.78, 5) is 33.4. The zero-order chi connectivity index (χ0) is 15.8. The van der Waals surface area contributed by atoms with E-state index in [0.29, 0.717) is 0 Å². The average molecular weight is 308 g/mol. The van der Waals surface area contributed by atoms with Crippen molar-refractivity contribution >= 4 is 27.7 Å². The van der Waals surface area contributed by atoms with Crippen molar-refractivity contribution in [3.63, 3.8) is 0 Å². The van der Waals surface area contributed by atoms with Crippen LogP contribution in [0, 0.1) is 5.92 Å². The molecule has 0 aliphatic heterocycles. The lowest BCUT2D eigenvalue weighted by Gasteiger charge is -2.14. The Morgan fingerprint density at radius 3 is 2.30 bits per heavy atom. The van der Waals surface area contributed by atoms with Gasteiger partial charge in [0, 0.05) is 25.9 Å². The van der Waals surface area contributed by atoms with Crippen LogP contribution in [0.3, 0.4) is 0 Å². The van der Waals surface area contributed by atoms with Gasteiger partial charge in [-0.15, -0.1) is 0 Å². The van der Waals surface area contributed by atoms with E-state index in [2.05, 4.69) is 14.8 Å². The van der Waals surface area contributed by atoms with Gasteiger partial charge in [-0.1, -0.05) is 0 Å². The van der Waals surface area contributed by atoms with Crippen molar-refractivity contribution in [2.45, 2.75) is 19.8 Å². The van der Waals surface area contributed by atoms with Gasteiger partial charge in [0.15, 0.2) is 5.75 Å². The third-order valence-corrected chi connectivity index (χ3v) is 3.76. The van der Waals surface area contributed by atoms with Crippen LogP contribution in [-0.2, 0) is 29.1 Å². The Bertz CT molecular complexity index is 460. The average Bonchev–Trinajstić information content (AvgIpc) is 2.35. The van der Waals surface area contributed by atoms with Crippen LogP contribution in [0.5, 0.6) is 0 Å². The van der Waals surface area contributed by atoms with Gasteiger partial charge in [0.05, 0.1) is 7.11 Å². The van der Waals surface area contributed by atoms with Gasteiger partial charge in [-0.3, -0.25) is 9.59 Å². The van der Waals surface area contributed by atoms with Crippen LogP contribution in [0.15, 0.2) is 0 Å². The smallest absolute Gasteiger partial charge is 0.322 e. The van der Waals surface area contributed by atoms with Crippen molar-refractivity contribution in [1.29, 1.82) is 0 Å². The van der Waals surface area contributed by atoms with Crippen molar-refractivity contribution in [2.24, 2.45) is 5.92 Å². The maximum Gasteiger partial charge on any atom is 0.322 e. The molecule has 116 valence electrons. The molecule has 0 aromatic rings. The normalized spacial score (nSPS) is 12.6. The molecule has 0 unspecified atom stereocenters. The molecule has 0 spiro atoms. The molecule has 0 rings (SSSR count). The van der Waals surface area contributed by atoms with Gasteiger partial charge in [-0.05, 0) is 13.3 Å². The number of hydrogen-bond acceptors (Lipinski definition) is 6. The molecular weight excluding hydrogens is 288 g/mol. The number of rotatable bonds is 9. The highest BCUT2D eigenvalue weighted by molar-refractivity contribution is 7.90. The van der Waals surface area contributed by atoms with Crippen LogP contribution >= 0.6 is 0 Å². The Morgan fingerprint density at radius 1 is 1.25 bits per heavy atom. The van der Waals surface area contributed by atoms with Crippen molar-refractivity contribution in [3.05, 3.63) is 0 Å². The molecular formula is C11H20N2O6S. The number of carbonyl (C=O) groups is 3. The summed E-state index contributed by atoms with van der Waals surface area (Å²) in [6.07, 6.45) is 0.206.